The Morgan fingerprint density at radius 1 is 1.00 bits per heavy atom. The lowest BCUT2D eigenvalue weighted by Gasteiger charge is -2.01. The molecule has 0 amide bonds. The fourth-order valence-electron chi connectivity index (χ4n) is 2.14. The largest absolute Gasteiger partial charge is 0.460 e. The quantitative estimate of drug-likeness (QED) is 0.533. The third kappa shape index (κ3) is 2.42. The maximum Gasteiger partial charge on any atom is 0.207 e. The second-order valence-electron chi connectivity index (χ2n) is 4.51. The van der Waals surface area contributed by atoms with E-state index in [2.05, 4.69) is 0 Å². The molecule has 0 aliphatic rings. The van der Waals surface area contributed by atoms with E-state index in [1.807, 2.05) is 0 Å². The van der Waals surface area contributed by atoms with Gasteiger partial charge in [0.15, 0.2) is 17.8 Å². The van der Waals surface area contributed by atoms with E-state index in [0.29, 0.717) is 16.7 Å². The highest BCUT2D eigenvalue weighted by atomic mass is 32.1. The molecule has 0 fully saturated rings. The summed E-state index contributed by atoms with van der Waals surface area (Å²) in [5.41, 5.74) is 0.555. The minimum absolute atomic E-state index is 0.0197. The van der Waals surface area contributed by atoms with Crippen molar-refractivity contribution in [3.63, 3.8) is 0 Å². The lowest BCUT2D eigenvalue weighted by Crippen LogP contribution is -2.09. The number of hydrogen-bond donors (Lipinski definition) is 0. The first-order chi connectivity index (χ1) is 10.7. The van der Waals surface area contributed by atoms with E-state index in [1.54, 1.807) is 47.8 Å². The van der Waals surface area contributed by atoms with Gasteiger partial charge in [0.05, 0.1) is 16.0 Å². The van der Waals surface area contributed by atoms with Crippen LogP contribution in [0.25, 0.3) is 0 Å². The summed E-state index contributed by atoms with van der Waals surface area (Å²) in [6, 6.07) is 11.9. The number of carbonyl (C=O) groups excluding carboxylic acids is 3. The van der Waals surface area contributed by atoms with Gasteiger partial charge in [0.2, 0.25) is 5.78 Å². The predicted molar refractivity (Wildman–Crippen MR) is 81.7 cm³/mol. The number of carbonyl (C=O) groups is 3. The van der Waals surface area contributed by atoms with Gasteiger partial charge in [-0.15, -0.1) is 11.3 Å². The molecule has 22 heavy (non-hydrogen) atoms. The van der Waals surface area contributed by atoms with Gasteiger partial charge in [0.25, 0.3) is 0 Å². The molecule has 0 saturated carbocycles. The molecule has 0 spiro atoms. The molecule has 0 aliphatic carbocycles. The molecule has 0 radical (unpaired) electrons. The summed E-state index contributed by atoms with van der Waals surface area (Å²) in [4.78, 5) is 36.7. The van der Waals surface area contributed by atoms with Crippen LogP contribution in [-0.4, -0.2) is 17.9 Å². The first-order valence-corrected chi connectivity index (χ1v) is 7.35. The molecule has 0 aliphatic heterocycles. The van der Waals surface area contributed by atoms with Crippen molar-refractivity contribution in [3.05, 3.63) is 81.4 Å². The Balaban J connectivity index is 2.10. The monoisotopic (exact) mass is 310 g/mol. The van der Waals surface area contributed by atoms with Crippen LogP contribution in [0.3, 0.4) is 0 Å². The van der Waals surface area contributed by atoms with Crippen molar-refractivity contribution in [1.82, 2.24) is 0 Å². The number of thiophene rings is 1. The molecule has 0 bridgehead atoms. The van der Waals surface area contributed by atoms with Crippen LogP contribution in [0, 0.1) is 0 Å². The molecule has 3 aromatic rings. The number of rotatable bonds is 5. The van der Waals surface area contributed by atoms with E-state index < -0.39 is 0 Å². The van der Waals surface area contributed by atoms with E-state index in [1.165, 1.54) is 17.6 Å². The number of benzene rings is 1. The van der Waals surface area contributed by atoms with Gasteiger partial charge < -0.3 is 4.42 Å². The first kappa shape index (κ1) is 14.2. The summed E-state index contributed by atoms with van der Waals surface area (Å²) < 4.78 is 5.10. The third-order valence-corrected chi connectivity index (χ3v) is 4.05. The molecule has 0 atom stereocenters. The van der Waals surface area contributed by atoms with Gasteiger partial charge in [-0.05, 0) is 11.4 Å². The van der Waals surface area contributed by atoms with Crippen LogP contribution in [0.5, 0.6) is 0 Å². The summed E-state index contributed by atoms with van der Waals surface area (Å²) in [7, 11) is 0. The average Bonchev–Trinajstić information content (AvgIpc) is 3.23. The van der Waals surface area contributed by atoms with Crippen LogP contribution in [0.1, 0.15) is 41.7 Å². The zero-order valence-electron chi connectivity index (χ0n) is 11.3. The van der Waals surface area contributed by atoms with Crippen molar-refractivity contribution in [2.75, 3.05) is 0 Å². The predicted octanol–water partition coefficient (Wildman–Crippen LogP) is 3.62. The van der Waals surface area contributed by atoms with Crippen LogP contribution >= 0.6 is 11.3 Å². The topological polar surface area (TPSA) is 64.3 Å². The molecular weight excluding hydrogens is 300 g/mol. The van der Waals surface area contributed by atoms with Crippen LogP contribution < -0.4 is 0 Å². The summed E-state index contributed by atoms with van der Waals surface area (Å²) in [5.74, 6) is -0.861. The number of hydrogen-bond acceptors (Lipinski definition) is 5. The molecule has 0 saturated heterocycles. The highest BCUT2D eigenvalue weighted by Crippen LogP contribution is 2.24. The summed E-state index contributed by atoms with van der Waals surface area (Å²) in [6.45, 7) is 0. The fourth-order valence-corrected chi connectivity index (χ4v) is 2.81. The van der Waals surface area contributed by atoms with E-state index in [4.69, 9.17) is 4.42 Å². The lowest BCUT2D eigenvalue weighted by molar-refractivity contribution is 0.100. The minimum atomic E-state index is -0.384. The highest BCUT2D eigenvalue weighted by molar-refractivity contribution is 7.12. The zero-order chi connectivity index (χ0) is 15.5. The number of ketones is 2. The van der Waals surface area contributed by atoms with Gasteiger partial charge >= 0.3 is 0 Å². The first-order valence-electron chi connectivity index (χ1n) is 6.47. The van der Waals surface area contributed by atoms with Crippen LogP contribution in [0.4, 0.5) is 0 Å². The molecule has 5 heteroatoms. The molecule has 3 rings (SSSR count). The van der Waals surface area contributed by atoms with Crippen molar-refractivity contribution >= 4 is 29.2 Å². The number of furan rings is 1. The van der Waals surface area contributed by atoms with Crippen molar-refractivity contribution in [1.29, 1.82) is 0 Å². The molecule has 2 heterocycles. The van der Waals surface area contributed by atoms with Crippen molar-refractivity contribution in [2.24, 2.45) is 0 Å². The molecular formula is C17H10O4S. The van der Waals surface area contributed by atoms with E-state index in [-0.39, 0.29) is 28.5 Å². The third-order valence-electron chi connectivity index (χ3n) is 3.18. The zero-order valence-corrected chi connectivity index (χ0v) is 12.1. The summed E-state index contributed by atoms with van der Waals surface area (Å²) in [5, 5.41) is 1.76. The van der Waals surface area contributed by atoms with Crippen LogP contribution in [0.2, 0.25) is 0 Å². The maximum absolute atomic E-state index is 12.5. The molecule has 108 valence electrons. The number of aldehydes is 1. The molecule has 1 aromatic carbocycles. The fraction of sp³-hybridized carbons (Fsp3) is 0. The standard InChI is InChI=1S/C17H10O4S/c18-9-13-15(17(20)14-7-4-8-22-14)12(10-21-13)16(19)11-5-2-1-3-6-11/h1-10H. The van der Waals surface area contributed by atoms with E-state index in [9.17, 15) is 14.4 Å². The van der Waals surface area contributed by atoms with Gasteiger partial charge in [0.1, 0.15) is 6.26 Å². The van der Waals surface area contributed by atoms with Gasteiger partial charge in [-0.25, -0.2) is 0 Å². The average molecular weight is 310 g/mol. The smallest absolute Gasteiger partial charge is 0.207 e. The molecule has 0 unspecified atom stereocenters. The Labute approximate surface area is 130 Å². The summed E-state index contributed by atoms with van der Waals surface area (Å²) in [6.07, 6.45) is 1.61. The van der Waals surface area contributed by atoms with E-state index in [0.717, 1.165) is 0 Å². The Morgan fingerprint density at radius 3 is 2.41 bits per heavy atom. The van der Waals surface area contributed by atoms with Crippen molar-refractivity contribution < 1.29 is 18.8 Å². The second kappa shape index (κ2) is 5.91. The summed E-state index contributed by atoms with van der Waals surface area (Å²) >= 11 is 1.25. The molecule has 2 aromatic heterocycles. The lowest BCUT2D eigenvalue weighted by atomic mass is 9.98. The van der Waals surface area contributed by atoms with Crippen molar-refractivity contribution in [3.8, 4) is 0 Å². The Hall–Kier alpha value is -2.79. The van der Waals surface area contributed by atoms with Crippen LogP contribution in [-0.2, 0) is 0 Å². The van der Waals surface area contributed by atoms with Gasteiger partial charge in [-0.3, -0.25) is 14.4 Å². The highest BCUT2D eigenvalue weighted by Gasteiger charge is 2.26. The minimum Gasteiger partial charge on any atom is -0.460 e. The van der Waals surface area contributed by atoms with E-state index >= 15 is 0 Å². The Kier molecular flexibility index (Phi) is 3.80. The second-order valence-corrected chi connectivity index (χ2v) is 5.46. The van der Waals surface area contributed by atoms with Crippen molar-refractivity contribution in [2.45, 2.75) is 0 Å². The normalized spacial score (nSPS) is 10.4. The Bertz CT molecular complexity index is 829. The van der Waals surface area contributed by atoms with Crippen LogP contribution in [0.15, 0.2) is 58.5 Å². The van der Waals surface area contributed by atoms with Gasteiger partial charge in [-0.2, -0.15) is 0 Å². The molecule has 4 nitrogen and oxygen atoms in total. The van der Waals surface area contributed by atoms with Gasteiger partial charge in [0, 0.05) is 5.56 Å². The molecule has 0 N–H and O–H groups in total. The maximum atomic E-state index is 12.5. The SMILES string of the molecule is O=Cc1occ(C(=O)c2ccccc2)c1C(=O)c1cccs1. The van der Waals surface area contributed by atoms with Gasteiger partial charge in [-0.1, -0.05) is 36.4 Å². The Morgan fingerprint density at radius 2 is 1.77 bits per heavy atom.